The average Bonchev–Trinajstić information content (AvgIpc) is 2.39. The number of likely N-dealkylation sites (N-methyl/N-ethyl adjacent to an activating group) is 1. The Bertz CT molecular complexity index is 440. The van der Waals surface area contributed by atoms with E-state index in [4.69, 9.17) is 27.9 Å². The first kappa shape index (κ1) is 14.9. The zero-order valence-electron chi connectivity index (χ0n) is 11.4. The highest BCUT2D eigenvalue weighted by atomic mass is 35.5. The van der Waals surface area contributed by atoms with Crippen LogP contribution in [0.5, 0.6) is 5.75 Å². The minimum absolute atomic E-state index is 0.269. The molecule has 1 aliphatic rings. The number of nitrogens with one attached hydrogen (secondary N) is 1. The van der Waals surface area contributed by atoms with E-state index in [0.717, 1.165) is 37.4 Å². The molecular formula is C14H20Cl2N2O. The number of hydrogen-bond acceptors (Lipinski definition) is 3. The van der Waals surface area contributed by atoms with Crippen molar-refractivity contribution in [1.82, 2.24) is 10.2 Å². The Hall–Kier alpha value is -0.480. The number of halogens is 2. The molecule has 1 aromatic rings. The van der Waals surface area contributed by atoms with Crippen molar-refractivity contribution in [2.75, 3.05) is 33.3 Å². The molecule has 0 radical (unpaired) electrons. The Kier molecular flexibility index (Phi) is 5.34. The zero-order chi connectivity index (χ0) is 13.8. The molecule has 0 spiro atoms. The molecule has 0 saturated carbocycles. The van der Waals surface area contributed by atoms with Crippen LogP contribution in [-0.4, -0.2) is 38.2 Å². The Morgan fingerprint density at radius 2 is 2.21 bits per heavy atom. The summed E-state index contributed by atoms with van der Waals surface area (Å²) in [5.74, 6) is 0.777. The molecule has 3 nitrogen and oxygen atoms in total. The Morgan fingerprint density at radius 1 is 1.42 bits per heavy atom. The maximum Gasteiger partial charge on any atom is 0.142 e. The molecule has 2 rings (SSSR count). The second kappa shape index (κ2) is 6.80. The van der Waals surface area contributed by atoms with Gasteiger partial charge >= 0.3 is 0 Å². The quantitative estimate of drug-likeness (QED) is 0.902. The van der Waals surface area contributed by atoms with Gasteiger partial charge in [0.25, 0.3) is 0 Å². The van der Waals surface area contributed by atoms with Gasteiger partial charge in [0, 0.05) is 36.1 Å². The van der Waals surface area contributed by atoms with Gasteiger partial charge in [0.15, 0.2) is 0 Å². The summed E-state index contributed by atoms with van der Waals surface area (Å²) in [5.41, 5.74) is 1.07. The zero-order valence-corrected chi connectivity index (χ0v) is 12.9. The maximum absolute atomic E-state index is 6.17. The topological polar surface area (TPSA) is 24.5 Å². The lowest BCUT2D eigenvalue weighted by Gasteiger charge is -2.28. The van der Waals surface area contributed by atoms with E-state index >= 15 is 0 Å². The van der Waals surface area contributed by atoms with Crippen LogP contribution in [0.4, 0.5) is 0 Å². The van der Waals surface area contributed by atoms with Crippen LogP contribution in [0.3, 0.4) is 0 Å². The van der Waals surface area contributed by atoms with Crippen molar-refractivity contribution in [1.29, 1.82) is 0 Å². The van der Waals surface area contributed by atoms with Crippen LogP contribution in [0.1, 0.15) is 24.9 Å². The molecule has 5 heteroatoms. The molecule has 0 bridgehead atoms. The van der Waals surface area contributed by atoms with Gasteiger partial charge < -0.3 is 15.0 Å². The van der Waals surface area contributed by atoms with Gasteiger partial charge in [0.05, 0.1) is 11.6 Å². The molecule has 106 valence electrons. The van der Waals surface area contributed by atoms with Gasteiger partial charge in [-0.3, -0.25) is 0 Å². The van der Waals surface area contributed by atoms with Crippen molar-refractivity contribution in [3.63, 3.8) is 0 Å². The summed E-state index contributed by atoms with van der Waals surface area (Å²) in [4.78, 5) is 2.28. The molecule has 0 fully saturated rings. The fraction of sp³-hybridized carbons (Fsp3) is 0.571. The van der Waals surface area contributed by atoms with Crippen molar-refractivity contribution < 1.29 is 4.74 Å². The second-order valence-corrected chi connectivity index (χ2v) is 5.69. The molecule has 1 atom stereocenters. The third-order valence-corrected chi connectivity index (χ3v) is 3.99. The lowest BCUT2D eigenvalue weighted by atomic mass is 10.0. The monoisotopic (exact) mass is 302 g/mol. The van der Waals surface area contributed by atoms with Crippen LogP contribution >= 0.6 is 23.2 Å². The van der Waals surface area contributed by atoms with Crippen molar-refractivity contribution in [3.8, 4) is 5.75 Å². The van der Waals surface area contributed by atoms with E-state index in [9.17, 15) is 0 Å². The summed E-state index contributed by atoms with van der Waals surface area (Å²) < 4.78 is 5.65. The van der Waals surface area contributed by atoms with Crippen molar-refractivity contribution in [2.45, 2.75) is 19.4 Å². The van der Waals surface area contributed by atoms with E-state index in [0.29, 0.717) is 16.7 Å². The van der Waals surface area contributed by atoms with Crippen LogP contribution in [-0.2, 0) is 0 Å². The molecule has 1 aromatic carbocycles. The lowest BCUT2D eigenvalue weighted by Crippen LogP contribution is -2.33. The van der Waals surface area contributed by atoms with Gasteiger partial charge in [-0.15, -0.1) is 0 Å². The van der Waals surface area contributed by atoms with Gasteiger partial charge in [0.1, 0.15) is 5.75 Å². The van der Waals surface area contributed by atoms with Crippen molar-refractivity contribution in [2.24, 2.45) is 0 Å². The number of fused-ring (bicyclic) bond motifs is 1. The fourth-order valence-electron chi connectivity index (χ4n) is 2.23. The van der Waals surface area contributed by atoms with Crippen LogP contribution in [0.2, 0.25) is 10.0 Å². The second-order valence-electron chi connectivity index (χ2n) is 4.85. The predicted molar refractivity (Wildman–Crippen MR) is 80.5 cm³/mol. The van der Waals surface area contributed by atoms with Crippen LogP contribution in [0.15, 0.2) is 12.1 Å². The van der Waals surface area contributed by atoms with E-state index in [1.165, 1.54) is 0 Å². The summed E-state index contributed by atoms with van der Waals surface area (Å²) in [6.45, 7) is 5.87. The van der Waals surface area contributed by atoms with Crippen molar-refractivity contribution >= 4 is 23.2 Å². The molecule has 1 aliphatic heterocycles. The van der Waals surface area contributed by atoms with Crippen LogP contribution < -0.4 is 10.1 Å². The molecule has 0 aliphatic carbocycles. The first-order chi connectivity index (χ1) is 9.11. The first-order valence-corrected chi connectivity index (χ1v) is 7.41. The van der Waals surface area contributed by atoms with E-state index in [-0.39, 0.29) is 6.04 Å². The Labute approximate surface area is 124 Å². The van der Waals surface area contributed by atoms with Gasteiger partial charge in [-0.05, 0) is 25.7 Å². The molecular weight excluding hydrogens is 283 g/mol. The number of rotatable bonds is 5. The number of nitrogens with zero attached hydrogens (tertiary/aromatic N) is 1. The highest BCUT2D eigenvalue weighted by Gasteiger charge is 2.23. The van der Waals surface area contributed by atoms with Gasteiger partial charge in [-0.25, -0.2) is 0 Å². The Morgan fingerprint density at radius 3 is 2.95 bits per heavy atom. The summed E-state index contributed by atoms with van der Waals surface area (Å²) in [7, 11) is 2.12. The third-order valence-electron chi connectivity index (χ3n) is 3.49. The average molecular weight is 303 g/mol. The van der Waals surface area contributed by atoms with Crippen LogP contribution in [0, 0.1) is 0 Å². The minimum Gasteiger partial charge on any atom is -0.492 e. The molecule has 0 amide bonds. The van der Waals surface area contributed by atoms with E-state index in [1.807, 2.05) is 6.07 Å². The van der Waals surface area contributed by atoms with Gasteiger partial charge in [0.2, 0.25) is 0 Å². The molecule has 0 aromatic heterocycles. The normalized spacial score (nSPS) is 18.3. The molecule has 1 unspecified atom stereocenters. The van der Waals surface area contributed by atoms with Crippen molar-refractivity contribution in [3.05, 3.63) is 27.7 Å². The summed E-state index contributed by atoms with van der Waals surface area (Å²) in [5, 5.41) is 4.81. The molecule has 1 heterocycles. The summed E-state index contributed by atoms with van der Waals surface area (Å²) in [6, 6.07) is 3.95. The van der Waals surface area contributed by atoms with E-state index in [2.05, 4.69) is 24.2 Å². The SMILES string of the molecule is CCN(C)CCNC1CCOc2c(Cl)cc(Cl)cc21. The number of hydrogen-bond donors (Lipinski definition) is 1. The molecule has 19 heavy (non-hydrogen) atoms. The van der Waals surface area contributed by atoms with E-state index < -0.39 is 0 Å². The Balaban J connectivity index is 2.05. The summed E-state index contributed by atoms with van der Waals surface area (Å²) in [6.07, 6.45) is 0.944. The highest BCUT2D eigenvalue weighted by Crippen LogP contribution is 2.39. The maximum atomic E-state index is 6.17. The predicted octanol–water partition coefficient (Wildman–Crippen LogP) is 3.36. The summed E-state index contributed by atoms with van der Waals surface area (Å²) >= 11 is 12.3. The van der Waals surface area contributed by atoms with Gasteiger partial charge in [-0.2, -0.15) is 0 Å². The largest absolute Gasteiger partial charge is 0.492 e. The molecule has 1 N–H and O–H groups in total. The lowest BCUT2D eigenvalue weighted by molar-refractivity contribution is 0.247. The fourth-order valence-corrected chi connectivity index (χ4v) is 2.79. The van der Waals surface area contributed by atoms with E-state index in [1.54, 1.807) is 6.07 Å². The van der Waals surface area contributed by atoms with Gasteiger partial charge in [-0.1, -0.05) is 30.1 Å². The third kappa shape index (κ3) is 3.76. The highest BCUT2D eigenvalue weighted by molar-refractivity contribution is 6.35. The minimum atomic E-state index is 0.269. The number of benzene rings is 1. The smallest absolute Gasteiger partial charge is 0.142 e. The first-order valence-electron chi connectivity index (χ1n) is 6.65. The van der Waals surface area contributed by atoms with Crippen LogP contribution in [0.25, 0.3) is 0 Å². The number of ether oxygens (including phenoxy) is 1. The molecule has 0 saturated heterocycles. The standard InChI is InChI=1S/C14H20Cl2N2O/c1-3-18(2)6-5-17-13-4-7-19-14-11(13)8-10(15)9-12(14)16/h8-9,13,17H,3-7H2,1-2H3.